The minimum absolute atomic E-state index is 0.0357. The molecular weight excluding hydrogens is 410 g/mol. The van der Waals surface area contributed by atoms with Crippen molar-refractivity contribution < 1.29 is 29.4 Å². The molecule has 162 valence electrons. The molecule has 0 saturated carbocycles. The number of aliphatic hydroxyl groups excluding tert-OH is 1. The Hall–Kier alpha value is -1.54. The Balaban J connectivity index is 4.89. The number of unbranched alkanes of at least 4 members (excludes halogenated alkanes) is 1. The molecule has 0 rings (SSSR count). The zero-order chi connectivity index (χ0) is 21.7. The largest absolute Gasteiger partial charge is 0.480 e. The molecule has 4 atom stereocenters. The minimum atomic E-state index is -1.34. The third-order valence-corrected chi connectivity index (χ3v) is 4.48. The maximum absolute atomic E-state index is 12.3. The molecule has 0 aliphatic heterocycles. The van der Waals surface area contributed by atoms with Crippen LogP contribution in [0, 0.1) is 0 Å². The van der Waals surface area contributed by atoms with Gasteiger partial charge >= 0.3 is 5.97 Å². The summed E-state index contributed by atoms with van der Waals surface area (Å²) in [6.45, 7) is -0.324. The maximum Gasteiger partial charge on any atom is 0.326 e. The Morgan fingerprint density at radius 1 is 0.857 bits per heavy atom. The molecule has 0 fully saturated rings. The van der Waals surface area contributed by atoms with E-state index in [0.717, 1.165) is 0 Å². The van der Waals surface area contributed by atoms with Gasteiger partial charge in [-0.3, -0.25) is 14.4 Å². The Labute approximate surface area is 174 Å². The summed E-state index contributed by atoms with van der Waals surface area (Å²) in [6, 6.07) is -4.62. The van der Waals surface area contributed by atoms with E-state index < -0.39 is 54.5 Å². The number of thiol groups is 2. The number of amides is 3. The van der Waals surface area contributed by atoms with Crippen molar-refractivity contribution in [2.75, 3.05) is 24.7 Å². The van der Waals surface area contributed by atoms with Gasteiger partial charge in [0.2, 0.25) is 17.7 Å². The van der Waals surface area contributed by atoms with E-state index in [1.54, 1.807) is 0 Å². The minimum Gasteiger partial charge on any atom is -0.480 e. The topological polar surface area (TPSA) is 197 Å². The van der Waals surface area contributed by atoms with Gasteiger partial charge < -0.3 is 37.6 Å². The number of aliphatic carboxylic acids is 1. The molecule has 0 aromatic rings. The van der Waals surface area contributed by atoms with E-state index >= 15 is 0 Å². The lowest BCUT2D eigenvalue weighted by Crippen LogP contribution is -2.58. The fraction of sp³-hybridized carbons (Fsp3) is 0.733. The van der Waals surface area contributed by atoms with Crippen LogP contribution in [0.4, 0.5) is 0 Å². The Morgan fingerprint density at radius 2 is 1.39 bits per heavy atom. The van der Waals surface area contributed by atoms with Crippen molar-refractivity contribution >= 4 is 48.9 Å². The van der Waals surface area contributed by atoms with Crippen LogP contribution in [0.5, 0.6) is 0 Å². The van der Waals surface area contributed by atoms with Crippen molar-refractivity contribution in [3.63, 3.8) is 0 Å². The van der Waals surface area contributed by atoms with Gasteiger partial charge in [-0.05, 0) is 25.8 Å². The SMILES string of the molecule is NCCCCC(NC(=O)C(CS)NC(=O)C(CO)NC(=O)C(N)CS)C(=O)O. The summed E-state index contributed by atoms with van der Waals surface area (Å²) >= 11 is 7.85. The van der Waals surface area contributed by atoms with Crippen LogP contribution in [0.3, 0.4) is 0 Å². The van der Waals surface area contributed by atoms with Gasteiger partial charge in [-0.1, -0.05) is 0 Å². The van der Waals surface area contributed by atoms with Gasteiger partial charge in [0.05, 0.1) is 12.6 Å². The molecule has 3 amide bonds. The van der Waals surface area contributed by atoms with E-state index in [4.69, 9.17) is 11.5 Å². The highest BCUT2D eigenvalue weighted by Gasteiger charge is 2.29. The van der Waals surface area contributed by atoms with Gasteiger partial charge in [0.15, 0.2) is 0 Å². The number of aliphatic hydroxyl groups is 1. The maximum atomic E-state index is 12.3. The monoisotopic (exact) mass is 439 g/mol. The lowest BCUT2D eigenvalue weighted by atomic mass is 10.1. The third kappa shape index (κ3) is 9.59. The second kappa shape index (κ2) is 14.5. The molecule has 0 aliphatic rings. The number of carboxylic acids is 1. The summed E-state index contributed by atoms with van der Waals surface area (Å²) in [7, 11) is 0. The summed E-state index contributed by atoms with van der Waals surface area (Å²) in [4.78, 5) is 47.6. The zero-order valence-corrected chi connectivity index (χ0v) is 17.1. The number of nitrogens with two attached hydrogens (primary N) is 2. The quantitative estimate of drug-likeness (QED) is 0.0997. The fourth-order valence-corrected chi connectivity index (χ4v) is 2.47. The van der Waals surface area contributed by atoms with E-state index in [-0.39, 0.29) is 17.9 Å². The van der Waals surface area contributed by atoms with Gasteiger partial charge in [0.25, 0.3) is 0 Å². The second-order valence-electron chi connectivity index (χ2n) is 5.96. The van der Waals surface area contributed by atoms with Crippen molar-refractivity contribution in [3.05, 3.63) is 0 Å². The summed E-state index contributed by atoms with van der Waals surface area (Å²) in [6.07, 6.45) is 1.30. The molecule has 4 unspecified atom stereocenters. The first-order valence-electron chi connectivity index (χ1n) is 8.63. The zero-order valence-electron chi connectivity index (χ0n) is 15.3. The fourth-order valence-electron chi connectivity index (χ4n) is 2.04. The predicted octanol–water partition coefficient (Wildman–Crippen LogP) is -3.17. The van der Waals surface area contributed by atoms with Gasteiger partial charge in [-0.25, -0.2) is 4.79 Å². The van der Waals surface area contributed by atoms with Crippen LogP contribution in [0.15, 0.2) is 0 Å². The summed E-state index contributed by atoms with van der Waals surface area (Å²) in [5.74, 6) is -3.59. The van der Waals surface area contributed by atoms with Crippen LogP contribution in [0.2, 0.25) is 0 Å². The summed E-state index contributed by atoms with van der Waals surface area (Å²) in [5.41, 5.74) is 10.9. The molecule has 0 saturated heterocycles. The van der Waals surface area contributed by atoms with Crippen LogP contribution in [-0.4, -0.2) is 82.7 Å². The normalized spacial score (nSPS) is 15.0. The molecule has 11 nitrogen and oxygen atoms in total. The van der Waals surface area contributed by atoms with Crippen molar-refractivity contribution in [2.24, 2.45) is 11.5 Å². The first-order chi connectivity index (χ1) is 13.2. The highest BCUT2D eigenvalue weighted by Crippen LogP contribution is 2.02. The molecule has 0 spiro atoms. The van der Waals surface area contributed by atoms with Gasteiger partial charge in [-0.2, -0.15) is 25.3 Å². The van der Waals surface area contributed by atoms with E-state index in [1.165, 1.54) is 0 Å². The number of carboxylic acid groups (broad SMARTS) is 1. The van der Waals surface area contributed by atoms with Crippen LogP contribution < -0.4 is 27.4 Å². The highest BCUT2D eigenvalue weighted by molar-refractivity contribution is 7.80. The molecule has 0 aromatic carbocycles. The average Bonchev–Trinajstić information content (AvgIpc) is 2.67. The first-order valence-corrected chi connectivity index (χ1v) is 9.90. The first kappa shape index (κ1) is 26.5. The number of hydrogen-bond donors (Lipinski definition) is 9. The molecule has 0 heterocycles. The lowest BCUT2D eigenvalue weighted by molar-refractivity contribution is -0.142. The Morgan fingerprint density at radius 3 is 1.86 bits per heavy atom. The molecule has 0 aromatic heterocycles. The molecule has 9 N–H and O–H groups in total. The molecule has 0 bridgehead atoms. The van der Waals surface area contributed by atoms with Crippen LogP contribution in [0.1, 0.15) is 19.3 Å². The van der Waals surface area contributed by atoms with Crippen molar-refractivity contribution in [3.8, 4) is 0 Å². The number of carbonyl (C=O) groups excluding carboxylic acids is 3. The van der Waals surface area contributed by atoms with E-state index in [2.05, 4.69) is 41.2 Å². The van der Waals surface area contributed by atoms with Crippen molar-refractivity contribution in [1.29, 1.82) is 0 Å². The van der Waals surface area contributed by atoms with Gasteiger partial charge in [-0.15, -0.1) is 0 Å². The molecule has 0 radical (unpaired) electrons. The number of nitrogens with one attached hydrogen (secondary N) is 3. The molecular formula is C15H29N5O6S2. The van der Waals surface area contributed by atoms with Crippen molar-refractivity contribution in [2.45, 2.75) is 43.4 Å². The summed E-state index contributed by atoms with van der Waals surface area (Å²) in [5, 5.41) is 25.4. The van der Waals surface area contributed by atoms with E-state index in [9.17, 15) is 29.4 Å². The van der Waals surface area contributed by atoms with Crippen LogP contribution >= 0.6 is 25.3 Å². The predicted molar refractivity (Wildman–Crippen MR) is 109 cm³/mol. The lowest BCUT2D eigenvalue weighted by Gasteiger charge is -2.23. The van der Waals surface area contributed by atoms with Crippen LogP contribution in [0.25, 0.3) is 0 Å². The number of carbonyl (C=O) groups is 4. The van der Waals surface area contributed by atoms with E-state index in [0.29, 0.717) is 19.4 Å². The molecule has 28 heavy (non-hydrogen) atoms. The Bertz CT molecular complexity index is 539. The van der Waals surface area contributed by atoms with E-state index in [1.807, 2.05) is 0 Å². The highest BCUT2D eigenvalue weighted by atomic mass is 32.1. The Kier molecular flexibility index (Phi) is 13.7. The second-order valence-corrected chi connectivity index (χ2v) is 6.69. The van der Waals surface area contributed by atoms with Gasteiger partial charge in [0, 0.05) is 11.5 Å². The standard InChI is InChI=1S/C15H29N5O6S2/c16-4-2-1-3-9(15(25)26)18-14(24)11(7-28)20-13(23)10(5-21)19-12(22)8(17)6-27/h8-11,21,27-28H,1-7,16-17H2,(H,18,24)(H,19,22)(H,20,23)(H,25,26). The van der Waals surface area contributed by atoms with Gasteiger partial charge in [0.1, 0.15) is 18.1 Å². The summed E-state index contributed by atoms with van der Waals surface area (Å²) < 4.78 is 0. The molecule has 0 aliphatic carbocycles. The smallest absolute Gasteiger partial charge is 0.326 e. The van der Waals surface area contributed by atoms with Crippen LogP contribution in [-0.2, 0) is 19.2 Å². The third-order valence-electron chi connectivity index (χ3n) is 3.73. The number of rotatable bonds is 14. The number of hydrogen-bond acceptors (Lipinski definition) is 9. The molecule has 13 heteroatoms. The van der Waals surface area contributed by atoms with Crippen molar-refractivity contribution in [1.82, 2.24) is 16.0 Å². The average molecular weight is 440 g/mol.